The van der Waals surface area contributed by atoms with Gasteiger partial charge in [-0.3, -0.25) is 24.3 Å². The van der Waals surface area contributed by atoms with Crippen molar-refractivity contribution in [2.75, 3.05) is 5.32 Å². The molecule has 0 aliphatic heterocycles. The fraction of sp³-hybridized carbons (Fsp3) is 0. The first-order valence-electron chi connectivity index (χ1n) is 11.6. The Kier molecular flexibility index (Phi) is 6.98. The Balaban J connectivity index is 1.67. The first-order chi connectivity index (χ1) is 19.0. The molecule has 0 fully saturated rings. The highest BCUT2D eigenvalue weighted by Crippen LogP contribution is 2.30. The van der Waals surface area contributed by atoms with Gasteiger partial charge in [0.05, 0.1) is 20.7 Å². The second-order valence-electron chi connectivity index (χ2n) is 8.18. The van der Waals surface area contributed by atoms with Crippen LogP contribution < -0.4 is 20.1 Å². The molecular formula is C29H18N4O5S. The number of rotatable bonds is 6. The van der Waals surface area contributed by atoms with Crippen molar-refractivity contribution >= 4 is 40.3 Å². The van der Waals surface area contributed by atoms with Crippen molar-refractivity contribution in [3.63, 3.8) is 0 Å². The van der Waals surface area contributed by atoms with Crippen molar-refractivity contribution in [1.29, 1.82) is 5.26 Å². The van der Waals surface area contributed by atoms with E-state index < -0.39 is 16.4 Å². The Labute approximate surface area is 225 Å². The number of nitriles is 1. The summed E-state index contributed by atoms with van der Waals surface area (Å²) in [6.07, 6.45) is 1.48. The van der Waals surface area contributed by atoms with Crippen LogP contribution in [0.3, 0.4) is 0 Å². The van der Waals surface area contributed by atoms with Crippen LogP contribution in [0.25, 0.3) is 28.7 Å². The molecule has 9 nitrogen and oxygen atoms in total. The lowest BCUT2D eigenvalue weighted by atomic mass is 10.1. The Morgan fingerprint density at radius 3 is 2.33 bits per heavy atom. The Hall–Kier alpha value is -5.53. The largest absolute Gasteiger partial charge is 0.456 e. The van der Waals surface area contributed by atoms with Gasteiger partial charge in [0.25, 0.3) is 17.2 Å². The van der Waals surface area contributed by atoms with Crippen LogP contribution in [0.1, 0.15) is 5.76 Å². The number of nitro groups is 1. The predicted molar refractivity (Wildman–Crippen MR) is 148 cm³/mol. The van der Waals surface area contributed by atoms with E-state index in [2.05, 4.69) is 5.32 Å². The van der Waals surface area contributed by atoms with Crippen LogP contribution in [0.2, 0.25) is 0 Å². The van der Waals surface area contributed by atoms with E-state index in [4.69, 9.17) is 4.42 Å². The number of hydrogen-bond acceptors (Lipinski definition) is 7. The summed E-state index contributed by atoms with van der Waals surface area (Å²) in [6.45, 7) is 0. The summed E-state index contributed by atoms with van der Waals surface area (Å²) in [5.41, 5.74) is 0.489. The van der Waals surface area contributed by atoms with Crippen LogP contribution in [0.15, 0.2) is 106 Å². The number of nitro benzene ring substituents is 1. The quantitative estimate of drug-likeness (QED) is 0.257. The number of carbonyl (C=O) groups excluding carboxylic acids is 1. The number of thiazole rings is 1. The number of benzene rings is 3. The molecule has 5 aromatic rings. The lowest BCUT2D eigenvalue weighted by molar-refractivity contribution is -0.384. The summed E-state index contributed by atoms with van der Waals surface area (Å²) in [4.78, 5) is 37.6. The molecule has 2 aromatic heterocycles. The van der Waals surface area contributed by atoms with Gasteiger partial charge in [-0.2, -0.15) is 5.26 Å². The molecule has 0 radical (unpaired) electrons. The fourth-order valence-corrected chi connectivity index (χ4v) is 5.00. The van der Waals surface area contributed by atoms with E-state index in [0.717, 1.165) is 11.3 Å². The molecular weight excluding hydrogens is 516 g/mol. The van der Waals surface area contributed by atoms with Crippen molar-refractivity contribution in [3.05, 3.63) is 132 Å². The summed E-state index contributed by atoms with van der Waals surface area (Å²) >= 11 is 0.967. The molecule has 0 aliphatic rings. The minimum absolute atomic E-state index is 0.110. The zero-order chi connectivity index (χ0) is 27.4. The van der Waals surface area contributed by atoms with E-state index >= 15 is 0 Å². The summed E-state index contributed by atoms with van der Waals surface area (Å²) < 4.78 is 7.50. The smallest absolute Gasteiger partial charge is 0.280 e. The van der Waals surface area contributed by atoms with Crippen LogP contribution in [0.5, 0.6) is 0 Å². The van der Waals surface area contributed by atoms with E-state index in [1.807, 2.05) is 6.07 Å². The zero-order valence-corrected chi connectivity index (χ0v) is 20.9. The number of carbonyl (C=O) groups is 1. The normalized spacial score (nSPS) is 12.0. The molecule has 0 saturated carbocycles. The lowest BCUT2D eigenvalue weighted by Crippen LogP contribution is -2.32. The van der Waals surface area contributed by atoms with Gasteiger partial charge in [-0.25, -0.2) is 0 Å². The number of furan rings is 1. The minimum Gasteiger partial charge on any atom is -0.456 e. The molecule has 10 heteroatoms. The van der Waals surface area contributed by atoms with Gasteiger partial charge in [0.15, 0.2) is 5.57 Å². The third kappa shape index (κ3) is 5.16. The molecule has 1 N–H and O–H groups in total. The second-order valence-corrected chi connectivity index (χ2v) is 9.21. The monoisotopic (exact) mass is 534 g/mol. The molecule has 1 amide bonds. The van der Waals surface area contributed by atoms with Gasteiger partial charge >= 0.3 is 0 Å². The summed E-state index contributed by atoms with van der Waals surface area (Å²) in [5.74, 6) is -0.112. The highest BCUT2D eigenvalue weighted by molar-refractivity contribution is 7.07. The predicted octanol–water partition coefficient (Wildman–Crippen LogP) is 4.21. The van der Waals surface area contributed by atoms with Crippen LogP contribution in [-0.2, 0) is 4.79 Å². The van der Waals surface area contributed by atoms with Crippen molar-refractivity contribution in [2.24, 2.45) is 0 Å². The Morgan fingerprint density at radius 2 is 1.64 bits per heavy atom. The summed E-state index contributed by atoms with van der Waals surface area (Å²) in [7, 11) is 0. The number of anilines is 1. The first kappa shape index (κ1) is 25.1. The molecule has 0 saturated heterocycles. The number of amides is 1. The Bertz CT molecular complexity index is 1920. The maximum Gasteiger partial charge on any atom is 0.280 e. The maximum absolute atomic E-state index is 13.6. The Morgan fingerprint density at radius 1 is 0.974 bits per heavy atom. The van der Waals surface area contributed by atoms with Crippen LogP contribution >= 0.6 is 11.3 Å². The third-order valence-corrected chi connectivity index (χ3v) is 6.78. The van der Waals surface area contributed by atoms with Crippen molar-refractivity contribution in [2.45, 2.75) is 0 Å². The molecule has 39 heavy (non-hydrogen) atoms. The highest BCUT2D eigenvalue weighted by atomic mass is 32.1. The summed E-state index contributed by atoms with van der Waals surface area (Å²) in [5, 5.41) is 24.1. The van der Waals surface area contributed by atoms with Crippen molar-refractivity contribution in [3.8, 4) is 23.1 Å². The second kappa shape index (κ2) is 10.8. The SMILES string of the molecule is N#C/C(C(=O)Nc1ccccc1)=c1\s/c(=C/c2ccc(-c3ccccc3[N+](=O)[O-])o2)c(=O)n1-c1ccccc1. The zero-order valence-electron chi connectivity index (χ0n) is 20.1. The van der Waals surface area contributed by atoms with Crippen LogP contribution in [-0.4, -0.2) is 15.4 Å². The van der Waals surface area contributed by atoms with Crippen molar-refractivity contribution < 1.29 is 14.1 Å². The number of para-hydroxylation sites is 3. The van der Waals surface area contributed by atoms with Gasteiger partial charge in [-0.1, -0.05) is 48.5 Å². The van der Waals surface area contributed by atoms with E-state index in [-0.39, 0.29) is 32.0 Å². The van der Waals surface area contributed by atoms with Gasteiger partial charge in [-0.05, 0) is 42.5 Å². The van der Waals surface area contributed by atoms with Crippen LogP contribution in [0.4, 0.5) is 11.4 Å². The molecule has 2 heterocycles. The molecule has 0 aliphatic carbocycles. The third-order valence-electron chi connectivity index (χ3n) is 5.69. The van der Waals surface area contributed by atoms with Gasteiger partial charge in [0.1, 0.15) is 22.3 Å². The molecule has 0 bridgehead atoms. The molecule has 3 aromatic carbocycles. The van der Waals surface area contributed by atoms with E-state index in [1.165, 1.54) is 16.7 Å². The molecule has 0 atom stereocenters. The van der Waals surface area contributed by atoms with Crippen LogP contribution in [0, 0.1) is 21.4 Å². The molecule has 0 unspecified atom stereocenters. The lowest BCUT2D eigenvalue weighted by Gasteiger charge is -2.05. The van der Waals surface area contributed by atoms with Gasteiger partial charge < -0.3 is 9.73 Å². The fourth-order valence-electron chi connectivity index (χ4n) is 3.92. The number of nitrogens with one attached hydrogen (secondary N) is 1. The van der Waals surface area contributed by atoms with Gasteiger partial charge in [-0.15, -0.1) is 11.3 Å². The maximum atomic E-state index is 13.6. The number of nitrogens with zero attached hydrogens (tertiary/aromatic N) is 3. The molecule has 0 spiro atoms. The summed E-state index contributed by atoms with van der Waals surface area (Å²) in [6, 6.07) is 28.7. The number of hydrogen-bond donors (Lipinski definition) is 1. The minimum atomic E-state index is -0.655. The molecule has 190 valence electrons. The average Bonchev–Trinajstić information content (AvgIpc) is 3.54. The average molecular weight is 535 g/mol. The molecule has 5 rings (SSSR count). The number of aromatic nitrogens is 1. The highest BCUT2D eigenvalue weighted by Gasteiger charge is 2.19. The van der Waals surface area contributed by atoms with E-state index in [1.54, 1.807) is 91.0 Å². The van der Waals surface area contributed by atoms with Gasteiger partial charge in [0.2, 0.25) is 0 Å². The standard InChI is InChI=1S/C29H18N4O5S/c30-18-23(27(34)31-19-9-3-1-4-10-19)29-32(20-11-5-2-6-12-20)28(35)26(39-29)17-21-15-16-25(38-21)22-13-7-8-14-24(22)33(36)37/h1-17H,(H,31,34)/b26-17+,29-23+. The van der Waals surface area contributed by atoms with E-state index in [9.17, 15) is 25.0 Å². The first-order valence-corrected chi connectivity index (χ1v) is 12.4. The van der Waals surface area contributed by atoms with E-state index in [0.29, 0.717) is 16.9 Å². The topological polar surface area (TPSA) is 131 Å². The van der Waals surface area contributed by atoms with Crippen molar-refractivity contribution in [1.82, 2.24) is 4.57 Å². The van der Waals surface area contributed by atoms with Gasteiger partial charge in [0, 0.05) is 17.8 Å².